The predicted octanol–water partition coefficient (Wildman–Crippen LogP) is 13.2. The SMILES string of the molecule is CCCCCCCCCCCCCCCCCCCCC(=O)NC(CS(=O)(=O)O)C(O)CCCCCCCCCCCCCCCCCCC. The standard InChI is InChI=1S/C43H87NO5S/c1-3-5-7-9-11-13-15-17-19-21-23-25-27-29-31-33-35-37-39-43(46)44-41(40-50(47,48)49)42(45)38-36-34-32-30-28-26-24-22-20-18-16-14-12-10-8-6-4-2/h41-42,45H,3-40H2,1-2H3,(H,44,46)(H,47,48,49). The molecule has 0 rings (SSSR count). The van der Waals surface area contributed by atoms with Gasteiger partial charge in [0, 0.05) is 6.42 Å². The number of carbonyl (C=O) groups is 1. The molecular weight excluding hydrogens is 643 g/mol. The van der Waals surface area contributed by atoms with Crippen molar-refractivity contribution in [3.8, 4) is 0 Å². The first kappa shape index (κ1) is 49.3. The molecule has 0 saturated carbocycles. The summed E-state index contributed by atoms with van der Waals surface area (Å²) in [4.78, 5) is 12.5. The van der Waals surface area contributed by atoms with E-state index in [4.69, 9.17) is 0 Å². The summed E-state index contributed by atoms with van der Waals surface area (Å²) in [6.07, 6.45) is 44.8. The second-order valence-corrected chi connectivity index (χ2v) is 17.2. The van der Waals surface area contributed by atoms with E-state index in [0.717, 1.165) is 38.5 Å². The summed E-state index contributed by atoms with van der Waals surface area (Å²) in [5, 5.41) is 13.4. The molecule has 0 aromatic carbocycles. The lowest BCUT2D eigenvalue weighted by Gasteiger charge is -2.23. The van der Waals surface area contributed by atoms with Crippen LogP contribution in [-0.2, 0) is 14.9 Å². The van der Waals surface area contributed by atoms with Crippen LogP contribution in [0, 0.1) is 0 Å². The molecule has 7 heteroatoms. The first-order chi connectivity index (χ1) is 24.3. The molecule has 0 aliphatic rings. The molecule has 6 nitrogen and oxygen atoms in total. The van der Waals surface area contributed by atoms with Crippen molar-refractivity contribution in [1.29, 1.82) is 0 Å². The number of amides is 1. The third-order valence-corrected chi connectivity index (χ3v) is 11.3. The van der Waals surface area contributed by atoms with Crippen LogP contribution < -0.4 is 5.32 Å². The van der Waals surface area contributed by atoms with E-state index in [2.05, 4.69) is 19.2 Å². The smallest absolute Gasteiger partial charge is 0.266 e. The lowest BCUT2D eigenvalue weighted by molar-refractivity contribution is -0.122. The Bertz CT molecular complexity index is 805. The zero-order valence-electron chi connectivity index (χ0n) is 33.6. The van der Waals surface area contributed by atoms with E-state index in [-0.39, 0.29) is 5.91 Å². The van der Waals surface area contributed by atoms with Crippen molar-refractivity contribution in [1.82, 2.24) is 5.32 Å². The predicted molar refractivity (Wildman–Crippen MR) is 217 cm³/mol. The van der Waals surface area contributed by atoms with Gasteiger partial charge in [-0.3, -0.25) is 9.35 Å². The van der Waals surface area contributed by atoms with Gasteiger partial charge in [0.1, 0.15) is 0 Å². The summed E-state index contributed by atoms with van der Waals surface area (Å²) in [5.74, 6) is -0.880. The van der Waals surface area contributed by atoms with Crippen molar-refractivity contribution >= 4 is 16.0 Å². The zero-order valence-corrected chi connectivity index (χ0v) is 34.4. The molecule has 3 N–H and O–H groups in total. The van der Waals surface area contributed by atoms with Gasteiger partial charge in [-0.15, -0.1) is 0 Å². The summed E-state index contributed by atoms with van der Waals surface area (Å²) >= 11 is 0. The second kappa shape index (κ2) is 38.1. The molecule has 0 aliphatic carbocycles. The molecule has 2 atom stereocenters. The van der Waals surface area contributed by atoms with Crippen molar-refractivity contribution < 1.29 is 22.9 Å². The summed E-state index contributed by atoms with van der Waals surface area (Å²) in [5.41, 5.74) is 0. The topological polar surface area (TPSA) is 104 Å². The average molecular weight is 730 g/mol. The van der Waals surface area contributed by atoms with Gasteiger partial charge in [0.15, 0.2) is 0 Å². The third-order valence-electron chi connectivity index (χ3n) is 10.6. The second-order valence-electron chi connectivity index (χ2n) is 15.7. The normalized spacial score (nSPS) is 13.1. The molecule has 0 aromatic rings. The van der Waals surface area contributed by atoms with E-state index in [1.165, 1.54) is 186 Å². The Morgan fingerprint density at radius 2 is 0.720 bits per heavy atom. The van der Waals surface area contributed by atoms with Crippen LogP contribution in [0.3, 0.4) is 0 Å². The zero-order chi connectivity index (χ0) is 36.8. The lowest BCUT2D eigenvalue weighted by atomic mass is 10.0. The van der Waals surface area contributed by atoms with E-state index in [1.807, 2.05) is 0 Å². The van der Waals surface area contributed by atoms with Gasteiger partial charge in [0.05, 0.1) is 17.9 Å². The molecule has 0 bridgehead atoms. The molecule has 2 unspecified atom stereocenters. The minimum absolute atomic E-state index is 0.239. The largest absolute Gasteiger partial charge is 0.391 e. The minimum Gasteiger partial charge on any atom is -0.391 e. The molecule has 0 heterocycles. The Morgan fingerprint density at radius 3 is 1.00 bits per heavy atom. The van der Waals surface area contributed by atoms with Crippen molar-refractivity contribution in [2.24, 2.45) is 0 Å². The van der Waals surface area contributed by atoms with E-state index < -0.39 is 28.0 Å². The van der Waals surface area contributed by atoms with Gasteiger partial charge in [0.25, 0.3) is 10.1 Å². The molecule has 1 amide bonds. The Kier molecular flexibility index (Phi) is 37.6. The lowest BCUT2D eigenvalue weighted by Crippen LogP contribution is -2.47. The first-order valence-corrected chi connectivity index (χ1v) is 23.8. The van der Waals surface area contributed by atoms with Gasteiger partial charge in [-0.05, 0) is 12.8 Å². The number of rotatable bonds is 41. The van der Waals surface area contributed by atoms with Crippen molar-refractivity contribution in [3.05, 3.63) is 0 Å². The highest BCUT2D eigenvalue weighted by Crippen LogP contribution is 2.17. The van der Waals surface area contributed by atoms with Gasteiger partial charge in [0.2, 0.25) is 5.91 Å². The Morgan fingerprint density at radius 1 is 0.460 bits per heavy atom. The van der Waals surface area contributed by atoms with E-state index in [0.29, 0.717) is 12.8 Å². The number of hydrogen-bond acceptors (Lipinski definition) is 4. The van der Waals surface area contributed by atoms with Crippen molar-refractivity contribution in [2.75, 3.05) is 5.75 Å². The van der Waals surface area contributed by atoms with Gasteiger partial charge < -0.3 is 10.4 Å². The van der Waals surface area contributed by atoms with Crippen LogP contribution in [0.1, 0.15) is 251 Å². The molecule has 0 fully saturated rings. The Hall–Kier alpha value is -0.660. The number of aliphatic hydroxyl groups excluding tert-OH is 1. The van der Waals surface area contributed by atoms with Crippen LogP contribution in [0.15, 0.2) is 0 Å². The van der Waals surface area contributed by atoms with Gasteiger partial charge in [-0.25, -0.2) is 0 Å². The maximum atomic E-state index is 12.5. The first-order valence-electron chi connectivity index (χ1n) is 22.2. The fourth-order valence-corrected chi connectivity index (χ4v) is 7.98. The molecule has 50 heavy (non-hydrogen) atoms. The van der Waals surface area contributed by atoms with Crippen LogP contribution >= 0.6 is 0 Å². The van der Waals surface area contributed by atoms with Crippen LogP contribution in [0.4, 0.5) is 0 Å². The molecule has 0 aromatic heterocycles. The number of carbonyl (C=O) groups excluding carboxylic acids is 1. The number of unbranched alkanes of at least 4 members (excludes halogenated alkanes) is 33. The van der Waals surface area contributed by atoms with Crippen molar-refractivity contribution in [2.45, 2.75) is 264 Å². The summed E-state index contributed by atoms with van der Waals surface area (Å²) in [6, 6.07) is -0.964. The van der Waals surface area contributed by atoms with E-state index in [9.17, 15) is 22.9 Å². The monoisotopic (exact) mass is 730 g/mol. The minimum atomic E-state index is -4.30. The average Bonchev–Trinajstić information content (AvgIpc) is 3.08. The Balaban J connectivity index is 3.78. The van der Waals surface area contributed by atoms with Crippen LogP contribution in [0.25, 0.3) is 0 Å². The maximum Gasteiger partial charge on any atom is 0.266 e. The fourth-order valence-electron chi connectivity index (χ4n) is 7.22. The maximum absolute atomic E-state index is 12.5. The Labute approximate surface area is 312 Å². The van der Waals surface area contributed by atoms with Gasteiger partial charge >= 0.3 is 0 Å². The molecule has 300 valence electrons. The van der Waals surface area contributed by atoms with Crippen LogP contribution in [0.2, 0.25) is 0 Å². The van der Waals surface area contributed by atoms with Gasteiger partial charge in [-0.1, -0.05) is 232 Å². The highest BCUT2D eigenvalue weighted by molar-refractivity contribution is 7.85. The number of nitrogens with one attached hydrogen (secondary N) is 1. The third kappa shape index (κ3) is 38.6. The summed E-state index contributed by atoms with van der Waals surface area (Å²) < 4.78 is 32.6. The van der Waals surface area contributed by atoms with Crippen LogP contribution in [0.5, 0.6) is 0 Å². The van der Waals surface area contributed by atoms with E-state index >= 15 is 0 Å². The molecule has 0 spiro atoms. The van der Waals surface area contributed by atoms with E-state index in [1.54, 1.807) is 0 Å². The summed E-state index contributed by atoms with van der Waals surface area (Å²) in [6.45, 7) is 4.54. The molecule has 0 radical (unpaired) electrons. The van der Waals surface area contributed by atoms with Crippen LogP contribution in [-0.4, -0.2) is 41.9 Å². The van der Waals surface area contributed by atoms with Crippen molar-refractivity contribution in [3.63, 3.8) is 0 Å². The quantitative estimate of drug-likeness (QED) is 0.0429. The molecule has 0 saturated heterocycles. The highest BCUT2D eigenvalue weighted by atomic mass is 32.2. The molecule has 0 aliphatic heterocycles. The number of aliphatic hydroxyl groups is 1. The molecular formula is C43H87NO5S. The fraction of sp³-hybridized carbons (Fsp3) is 0.977. The summed E-state index contributed by atoms with van der Waals surface area (Å²) in [7, 11) is -4.30. The highest BCUT2D eigenvalue weighted by Gasteiger charge is 2.26. The number of hydrogen-bond donors (Lipinski definition) is 3. The van der Waals surface area contributed by atoms with Gasteiger partial charge in [-0.2, -0.15) is 8.42 Å².